The number of halogens is 5. The number of fused-ring (bicyclic) bond motifs is 3. The van der Waals surface area contributed by atoms with Gasteiger partial charge in [0.25, 0.3) is 11.8 Å². The maximum absolute atomic E-state index is 14.1. The third-order valence-electron chi connectivity index (χ3n) is 7.75. The SMILES string of the molecule is CNC(=O)[C@@H]1CN([C@@H](C)c2ccc(NCC(F)(F)F)nc2)C(=O)c2c3c(nn21)C[C@@H](C)N(C(=O)c1ccc(Cl)c(Cl)c1)C3. The first kappa shape index (κ1) is 30.6. The topological polar surface area (TPSA) is 112 Å². The van der Waals surface area contributed by atoms with Crippen LogP contribution in [0.2, 0.25) is 10.0 Å². The lowest BCUT2D eigenvalue weighted by Gasteiger charge is -2.38. The number of benzene rings is 1. The van der Waals surface area contributed by atoms with Crippen molar-refractivity contribution in [2.45, 2.75) is 51.1 Å². The van der Waals surface area contributed by atoms with Gasteiger partial charge in [0.15, 0.2) is 0 Å². The lowest BCUT2D eigenvalue weighted by Crippen LogP contribution is -2.49. The van der Waals surface area contributed by atoms with E-state index < -0.39 is 30.7 Å². The number of alkyl halides is 3. The standard InChI is InChI=1S/C28H28Cl2F3N7O3/c1-14-8-21-18(11-38(14)26(42)16-4-6-19(29)20(30)9-16)24-27(43)39(12-22(25(41)34-3)40(24)37-21)15(2)17-5-7-23(35-10-17)36-13-28(31,32)33/h4-7,9-10,14-15,22H,8,11-13H2,1-3H3,(H,34,41)(H,35,36)/t14-,15+,22+/m1/s1. The van der Waals surface area contributed by atoms with Gasteiger partial charge in [0.2, 0.25) is 5.91 Å². The van der Waals surface area contributed by atoms with Crippen LogP contribution < -0.4 is 10.6 Å². The number of carbonyl (C=O) groups is 3. The molecule has 3 atom stereocenters. The van der Waals surface area contributed by atoms with E-state index in [-0.39, 0.29) is 47.5 Å². The number of carbonyl (C=O) groups excluding carboxylic acids is 3. The van der Waals surface area contributed by atoms with Gasteiger partial charge in [0.05, 0.1) is 34.9 Å². The Morgan fingerprint density at radius 1 is 1.16 bits per heavy atom. The predicted octanol–water partition coefficient (Wildman–Crippen LogP) is 4.65. The van der Waals surface area contributed by atoms with Crippen molar-refractivity contribution in [3.63, 3.8) is 0 Å². The summed E-state index contributed by atoms with van der Waals surface area (Å²) in [6.45, 7) is 2.48. The Morgan fingerprint density at radius 2 is 1.91 bits per heavy atom. The van der Waals surface area contributed by atoms with E-state index in [1.54, 1.807) is 30.0 Å². The second-order valence-electron chi connectivity index (χ2n) is 10.5. The molecule has 2 N–H and O–H groups in total. The number of hydrogen-bond acceptors (Lipinski definition) is 6. The van der Waals surface area contributed by atoms with Gasteiger partial charge in [-0.25, -0.2) is 9.67 Å². The summed E-state index contributed by atoms with van der Waals surface area (Å²) in [5, 5.41) is 10.1. The fourth-order valence-corrected chi connectivity index (χ4v) is 5.68. The first-order chi connectivity index (χ1) is 20.3. The molecule has 5 rings (SSSR count). The average Bonchev–Trinajstić information content (AvgIpc) is 3.34. The molecule has 0 fully saturated rings. The van der Waals surface area contributed by atoms with E-state index in [9.17, 15) is 27.6 Å². The number of rotatable bonds is 6. The summed E-state index contributed by atoms with van der Waals surface area (Å²) < 4.78 is 39.2. The number of pyridine rings is 1. The van der Waals surface area contributed by atoms with Gasteiger partial charge in [-0.3, -0.25) is 14.4 Å². The van der Waals surface area contributed by atoms with Gasteiger partial charge in [-0.1, -0.05) is 29.3 Å². The Balaban J connectivity index is 1.46. The third-order valence-corrected chi connectivity index (χ3v) is 8.49. The monoisotopic (exact) mass is 637 g/mol. The summed E-state index contributed by atoms with van der Waals surface area (Å²) in [4.78, 5) is 47.8. The van der Waals surface area contributed by atoms with Crippen molar-refractivity contribution >= 4 is 46.7 Å². The lowest BCUT2D eigenvalue weighted by atomic mass is 9.96. The number of hydrogen-bond donors (Lipinski definition) is 2. The van der Waals surface area contributed by atoms with Gasteiger partial charge in [-0.15, -0.1) is 0 Å². The van der Waals surface area contributed by atoms with Crippen molar-refractivity contribution in [3.05, 3.63) is 74.7 Å². The lowest BCUT2D eigenvalue weighted by molar-refractivity contribution is -0.125. The molecule has 0 bridgehead atoms. The Kier molecular flexibility index (Phi) is 8.32. The number of likely N-dealkylation sites (N-methyl/N-ethyl adjacent to an activating group) is 1. The normalized spacial score (nSPS) is 19.0. The summed E-state index contributed by atoms with van der Waals surface area (Å²) in [6.07, 6.45) is -2.64. The molecular formula is C28H28Cl2F3N7O3. The largest absolute Gasteiger partial charge is 0.405 e. The smallest absolute Gasteiger partial charge is 0.361 e. The first-order valence-electron chi connectivity index (χ1n) is 13.4. The van der Waals surface area contributed by atoms with Crippen molar-refractivity contribution in [2.24, 2.45) is 0 Å². The summed E-state index contributed by atoms with van der Waals surface area (Å²) >= 11 is 12.2. The van der Waals surface area contributed by atoms with Gasteiger partial charge in [0, 0.05) is 36.8 Å². The van der Waals surface area contributed by atoms with E-state index in [0.717, 1.165) is 0 Å². The number of nitrogens with zero attached hydrogens (tertiary/aromatic N) is 5. The van der Waals surface area contributed by atoms with Crippen LogP contribution >= 0.6 is 23.2 Å². The minimum Gasteiger partial charge on any atom is -0.361 e. The van der Waals surface area contributed by atoms with Gasteiger partial charge < -0.3 is 20.4 Å². The van der Waals surface area contributed by atoms with Crippen molar-refractivity contribution in [2.75, 3.05) is 25.5 Å². The molecule has 0 saturated heterocycles. The minimum absolute atomic E-state index is 0.00276. The maximum atomic E-state index is 14.1. The molecule has 3 aromatic rings. The fourth-order valence-electron chi connectivity index (χ4n) is 5.39. The highest BCUT2D eigenvalue weighted by Crippen LogP contribution is 2.36. The van der Waals surface area contributed by atoms with E-state index in [4.69, 9.17) is 23.2 Å². The second-order valence-corrected chi connectivity index (χ2v) is 11.4. The maximum Gasteiger partial charge on any atom is 0.405 e. The molecule has 2 aromatic heterocycles. The summed E-state index contributed by atoms with van der Waals surface area (Å²) in [5.74, 6) is -1.00. The van der Waals surface area contributed by atoms with E-state index in [1.807, 2.05) is 6.92 Å². The van der Waals surface area contributed by atoms with Crippen molar-refractivity contribution in [1.82, 2.24) is 29.9 Å². The third kappa shape index (κ3) is 6.00. The molecule has 0 spiro atoms. The van der Waals surface area contributed by atoms with Crippen LogP contribution in [-0.2, 0) is 17.8 Å². The summed E-state index contributed by atoms with van der Waals surface area (Å²) in [6, 6.07) is 5.92. The van der Waals surface area contributed by atoms with Crippen LogP contribution in [0.15, 0.2) is 36.5 Å². The highest BCUT2D eigenvalue weighted by molar-refractivity contribution is 6.42. The highest BCUT2D eigenvalue weighted by atomic mass is 35.5. The molecule has 228 valence electrons. The van der Waals surface area contributed by atoms with Crippen LogP contribution in [0.1, 0.15) is 63.6 Å². The average molecular weight is 638 g/mol. The quantitative estimate of drug-likeness (QED) is 0.407. The number of nitrogens with one attached hydrogen (secondary N) is 2. The van der Waals surface area contributed by atoms with Crippen molar-refractivity contribution in [1.29, 1.82) is 0 Å². The van der Waals surface area contributed by atoms with E-state index in [0.29, 0.717) is 33.8 Å². The summed E-state index contributed by atoms with van der Waals surface area (Å²) in [5.41, 5.74) is 2.29. The molecule has 2 aliphatic heterocycles. The zero-order valence-corrected chi connectivity index (χ0v) is 24.9. The van der Waals surface area contributed by atoms with Gasteiger partial charge in [0.1, 0.15) is 24.1 Å². The number of aromatic nitrogens is 3. The zero-order valence-electron chi connectivity index (χ0n) is 23.4. The van der Waals surface area contributed by atoms with Gasteiger partial charge in [-0.05, 0) is 43.7 Å². The van der Waals surface area contributed by atoms with Crippen LogP contribution in [0.5, 0.6) is 0 Å². The van der Waals surface area contributed by atoms with Crippen molar-refractivity contribution < 1.29 is 27.6 Å². The van der Waals surface area contributed by atoms with Crippen LogP contribution in [-0.4, -0.2) is 74.6 Å². The Morgan fingerprint density at radius 3 is 2.53 bits per heavy atom. The summed E-state index contributed by atoms with van der Waals surface area (Å²) in [7, 11) is 1.49. The molecule has 0 saturated carbocycles. The highest BCUT2D eigenvalue weighted by Gasteiger charge is 2.43. The molecule has 10 nitrogen and oxygen atoms in total. The zero-order chi connectivity index (χ0) is 31.2. The molecule has 0 unspecified atom stereocenters. The molecule has 1 aromatic carbocycles. The van der Waals surface area contributed by atoms with Crippen LogP contribution in [0.3, 0.4) is 0 Å². The molecule has 43 heavy (non-hydrogen) atoms. The van der Waals surface area contributed by atoms with Crippen molar-refractivity contribution in [3.8, 4) is 0 Å². The minimum atomic E-state index is -4.40. The Labute approximate surface area is 255 Å². The molecule has 15 heteroatoms. The van der Waals surface area contributed by atoms with Crippen LogP contribution in [0.4, 0.5) is 19.0 Å². The van der Waals surface area contributed by atoms with Crippen LogP contribution in [0, 0.1) is 0 Å². The van der Waals surface area contributed by atoms with E-state index in [2.05, 4.69) is 20.7 Å². The number of amides is 3. The van der Waals surface area contributed by atoms with Crippen LogP contribution in [0.25, 0.3) is 0 Å². The van der Waals surface area contributed by atoms with E-state index >= 15 is 0 Å². The molecule has 4 heterocycles. The van der Waals surface area contributed by atoms with Gasteiger partial charge in [-0.2, -0.15) is 18.3 Å². The molecule has 3 amide bonds. The molecular weight excluding hydrogens is 610 g/mol. The molecule has 0 aliphatic carbocycles. The van der Waals surface area contributed by atoms with Gasteiger partial charge >= 0.3 is 6.18 Å². The van der Waals surface area contributed by atoms with E-state index in [1.165, 1.54) is 35.0 Å². The Hall–Kier alpha value is -3.84. The Bertz CT molecular complexity index is 1580. The predicted molar refractivity (Wildman–Crippen MR) is 153 cm³/mol. The molecule has 0 radical (unpaired) electrons. The molecule has 2 aliphatic rings. The number of anilines is 1. The second kappa shape index (κ2) is 11.7. The fraction of sp³-hybridized carbons (Fsp3) is 0.393. The first-order valence-corrected chi connectivity index (χ1v) is 14.2.